The zero-order chi connectivity index (χ0) is 18.9. The highest BCUT2D eigenvalue weighted by Crippen LogP contribution is 2.34. The summed E-state index contributed by atoms with van der Waals surface area (Å²) in [5.74, 6) is 1.67. The SMILES string of the molecule is C=CCc1cc(CNc2cc(C)ccc2C)cc(OCC)c1OCCC. The number of allylic oxidation sites excluding steroid dienone is 1. The maximum Gasteiger partial charge on any atom is 0.164 e. The molecule has 0 unspecified atom stereocenters. The fourth-order valence-electron chi connectivity index (χ4n) is 2.89. The molecule has 0 spiro atoms. The van der Waals surface area contributed by atoms with Crippen LogP contribution in [0.2, 0.25) is 0 Å². The molecule has 2 aromatic carbocycles. The number of ether oxygens (including phenoxy) is 2. The van der Waals surface area contributed by atoms with Gasteiger partial charge in [-0.25, -0.2) is 0 Å². The summed E-state index contributed by atoms with van der Waals surface area (Å²) in [7, 11) is 0. The molecule has 0 amide bonds. The summed E-state index contributed by atoms with van der Waals surface area (Å²) in [6.07, 6.45) is 3.64. The number of nitrogens with one attached hydrogen (secondary N) is 1. The average Bonchev–Trinajstić information content (AvgIpc) is 2.62. The summed E-state index contributed by atoms with van der Waals surface area (Å²) in [6.45, 7) is 14.3. The number of rotatable bonds is 10. The molecular weight excluding hydrogens is 322 g/mol. The van der Waals surface area contributed by atoms with Gasteiger partial charge in [0.2, 0.25) is 0 Å². The average molecular weight is 354 g/mol. The van der Waals surface area contributed by atoms with Crippen molar-refractivity contribution in [3.63, 3.8) is 0 Å². The van der Waals surface area contributed by atoms with Gasteiger partial charge in [-0.15, -0.1) is 6.58 Å². The molecule has 3 nitrogen and oxygen atoms in total. The van der Waals surface area contributed by atoms with Crippen molar-refractivity contribution < 1.29 is 9.47 Å². The molecule has 0 heterocycles. The molecule has 0 bridgehead atoms. The first-order valence-corrected chi connectivity index (χ1v) is 9.42. The van der Waals surface area contributed by atoms with Gasteiger partial charge in [0.15, 0.2) is 11.5 Å². The third-order valence-corrected chi connectivity index (χ3v) is 4.18. The Morgan fingerprint density at radius 3 is 2.58 bits per heavy atom. The van der Waals surface area contributed by atoms with Gasteiger partial charge in [-0.3, -0.25) is 0 Å². The third kappa shape index (κ3) is 5.29. The van der Waals surface area contributed by atoms with E-state index in [4.69, 9.17) is 9.47 Å². The van der Waals surface area contributed by atoms with Crippen LogP contribution in [0, 0.1) is 13.8 Å². The number of hydrogen-bond acceptors (Lipinski definition) is 3. The van der Waals surface area contributed by atoms with Crippen molar-refractivity contribution in [2.75, 3.05) is 18.5 Å². The first-order chi connectivity index (χ1) is 12.6. The minimum absolute atomic E-state index is 0.615. The zero-order valence-electron chi connectivity index (χ0n) is 16.5. The molecule has 0 aliphatic carbocycles. The molecule has 0 atom stereocenters. The first-order valence-electron chi connectivity index (χ1n) is 9.42. The highest BCUT2D eigenvalue weighted by atomic mass is 16.5. The van der Waals surface area contributed by atoms with Crippen molar-refractivity contribution in [1.29, 1.82) is 0 Å². The molecule has 0 saturated carbocycles. The van der Waals surface area contributed by atoms with Crippen LogP contribution in [-0.4, -0.2) is 13.2 Å². The van der Waals surface area contributed by atoms with Crippen LogP contribution in [0.25, 0.3) is 0 Å². The second-order valence-electron chi connectivity index (χ2n) is 6.53. The summed E-state index contributed by atoms with van der Waals surface area (Å²) in [4.78, 5) is 0. The van der Waals surface area contributed by atoms with Crippen molar-refractivity contribution in [3.8, 4) is 11.5 Å². The lowest BCUT2D eigenvalue weighted by molar-refractivity contribution is 0.274. The lowest BCUT2D eigenvalue weighted by Gasteiger charge is -2.18. The van der Waals surface area contributed by atoms with Crippen molar-refractivity contribution >= 4 is 5.69 Å². The Hall–Kier alpha value is -2.42. The maximum atomic E-state index is 5.98. The number of anilines is 1. The molecule has 0 aliphatic rings. The number of hydrogen-bond donors (Lipinski definition) is 1. The quantitative estimate of drug-likeness (QED) is 0.545. The van der Waals surface area contributed by atoms with E-state index < -0.39 is 0 Å². The van der Waals surface area contributed by atoms with Gasteiger partial charge in [0.05, 0.1) is 13.2 Å². The largest absolute Gasteiger partial charge is 0.490 e. The fraction of sp³-hybridized carbons (Fsp3) is 0.391. The van der Waals surface area contributed by atoms with E-state index in [0.29, 0.717) is 13.2 Å². The van der Waals surface area contributed by atoms with Gasteiger partial charge < -0.3 is 14.8 Å². The molecule has 0 aliphatic heterocycles. The topological polar surface area (TPSA) is 30.5 Å². The second-order valence-corrected chi connectivity index (χ2v) is 6.53. The molecule has 3 heteroatoms. The molecular formula is C23H31NO2. The van der Waals surface area contributed by atoms with Gasteiger partial charge >= 0.3 is 0 Å². The smallest absolute Gasteiger partial charge is 0.164 e. The van der Waals surface area contributed by atoms with Gasteiger partial charge in [0, 0.05) is 17.8 Å². The lowest BCUT2D eigenvalue weighted by Crippen LogP contribution is -2.07. The molecule has 2 aromatic rings. The molecule has 1 N–H and O–H groups in total. The molecule has 140 valence electrons. The Morgan fingerprint density at radius 2 is 1.88 bits per heavy atom. The van der Waals surface area contributed by atoms with Crippen molar-refractivity contribution in [1.82, 2.24) is 0 Å². The van der Waals surface area contributed by atoms with Crippen LogP contribution in [0.4, 0.5) is 5.69 Å². The summed E-state index contributed by atoms with van der Waals surface area (Å²) >= 11 is 0. The molecule has 0 fully saturated rings. The second kappa shape index (κ2) is 9.91. The first kappa shape index (κ1) is 19.9. The van der Waals surface area contributed by atoms with Crippen molar-refractivity contribution in [2.24, 2.45) is 0 Å². The van der Waals surface area contributed by atoms with Gasteiger partial charge in [0.1, 0.15) is 0 Å². The number of aryl methyl sites for hydroxylation is 2. The standard InChI is InChI=1S/C23H31NO2/c1-6-9-20-14-19(15-22(25-8-3)23(20)26-12-7-2)16-24-21-13-17(4)10-11-18(21)5/h6,10-11,13-15,24H,1,7-9,12,16H2,2-5H3. The number of benzene rings is 2. The van der Waals surface area contributed by atoms with E-state index in [1.807, 2.05) is 13.0 Å². The van der Waals surface area contributed by atoms with E-state index in [1.165, 1.54) is 22.4 Å². The zero-order valence-corrected chi connectivity index (χ0v) is 16.5. The summed E-state index contributed by atoms with van der Waals surface area (Å²) < 4.78 is 11.9. The molecule has 2 rings (SSSR count). The van der Waals surface area contributed by atoms with Crippen LogP contribution in [0.15, 0.2) is 43.0 Å². The van der Waals surface area contributed by atoms with E-state index >= 15 is 0 Å². The molecule has 0 saturated heterocycles. The maximum absolute atomic E-state index is 5.98. The Bertz CT molecular complexity index is 737. The summed E-state index contributed by atoms with van der Waals surface area (Å²) in [5.41, 5.74) is 5.96. The van der Waals surface area contributed by atoms with Crippen LogP contribution in [0.1, 0.15) is 42.5 Å². The lowest BCUT2D eigenvalue weighted by atomic mass is 10.0. The van der Waals surface area contributed by atoms with Crippen molar-refractivity contribution in [3.05, 3.63) is 65.2 Å². The van der Waals surface area contributed by atoms with Crippen LogP contribution in [0.5, 0.6) is 11.5 Å². The van der Waals surface area contributed by atoms with E-state index in [1.54, 1.807) is 0 Å². The van der Waals surface area contributed by atoms with Crippen LogP contribution in [-0.2, 0) is 13.0 Å². The Balaban J connectivity index is 2.29. The minimum atomic E-state index is 0.615. The predicted octanol–water partition coefficient (Wildman–Crippen LogP) is 5.83. The third-order valence-electron chi connectivity index (χ3n) is 4.18. The molecule has 0 aromatic heterocycles. The van der Waals surface area contributed by atoms with Crippen LogP contribution >= 0.6 is 0 Å². The predicted molar refractivity (Wildman–Crippen MR) is 111 cm³/mol. The Kier molecular flexibility index (Phi) is 7.58. The summed E-state index contributed by atoms with van der Waals surface area (Å²) in [6, 6.07) is 10.7. The highest BCUT2D eigenvalue weighted by molar-refractivity contribution is 5.54. The van der Waals surface area contributed by atoms with Gasteiger partial charge in [0.25, 0.3) is 0 Å². The normalized spacial score (nSPS) is 10.5. The highest BCUT2D eigenvalue weighted by Gasteiger charge is 2.13. The Morgan fingerprint density at radius 1 is 1.08 bits per heavy atom. The van der Waals surface area contributed by atoms with Crippen LogP contribution < -0.4 is 14.8 Å². The molecule has 0 radical (unpaired) electrons. The van der Waals surface area contributed by atoms with E-state index in [9.17, 15) is 0 Å². The van der Waals surface area contributed by atoms with Gasteiger partial charge in [-0.1, -0.05) is 25.1 Å². The van der Waals surface area contributed by atoms with Crippen LogP contribution in [0.3, 0.4) is 0 Å². The van der Waals surface area contributed by atoms with Crippen molar-refractivity contribution in [2.45, 2.75) is 47.1 Å². The van der Waals surface area contributed by atoms with E-state index in [0.717, 1.165) is 36.4 Å². The summed E-state index contributed by atoms with van der Waals surface area (Å²) in [5, 5.41) is 3.55. The monoisotopic (exact) mass is 353 g/mol. The van der Waals surface area contributed by atoms with Gasteiger partial charge in [-0.05, 0) is 68.5 Å². The van der Waals surface area contributed by atoms with E-state index in [2.05, 4.69) is 63.0 Å². The molecule has 26 heavy (non-hydrogen) atoms. The van der Waals surface area contributed by atoms with E-state index in [-0.39, 0.29) is 0 Å². The van der Waals surface area contributed by atoms with Gasteiger partial charge in [-0.2, -0.15) is 0 Å². The fourth-order valence-corrected chi connectivity index (χ4v) is 2.89. The minimum Gasteiger partial charge on any atom is -0.490 e. The Labute approximate surface area is 158 Å².